The summed E-state index contributed by atoms with van der Waals surface area (Å²) in [4.78, 5) is 32.2. The fourth-order valence-corrected chi connectivity index (χ4v) is 5.60. The number of hydrogen-bond donors (Lipinski definition) is 1. The largest absolute Gasteiger partial charge is 0.493 e. The molecule has 12 heteroatoms. The van der Waals surface area contributed by atoms with Crippen molar-refractivity contribution in [3.63, 3.8) is 0 Å². The fourth-order valence-electron chi connectivity index (χ4n) is 3.96. The third kappa shape index (κ3) is 5.22. The molecule has 0 saturated carbocycles. The number of nitrogens with zero attached hydrogens (tertiary/aromatic N) is 4. The Morgan fingerprint density at radius 1 is 1.09 bits per heavy atom. The van der Waals surface area contributed by atoms with Crippen molar-refractivity contribution in [2.75, 3.05) is 39.7 Å². The van der Waals surface area contributed by atoms with Crippen molar-refractivity contribution in [2.45, 2.75) is 32.1 Å². The number of aryl methyl sites for hydroxylation is 1. The highest BCUT2D eigenvalue weighted by Gasteiger charge is 2.30. The highest BCUT2D eigenvalue weighted by molar-refractivity contribution is 7.15. The molecule has 0 bridgehead atoms. The van der Waals surface area contributed by atoms with Crippen molar-refractivity contribution < 1.29 is 23.8 Å². The number of ether oxygens (including phenoxy) is 3. The van der Waals surface area contributed by atoms with Crippen molar-refractivity contribution in [1.29, 1.82) is 0 Å². The smallest absolute Gasteiger partial charge is 0.276 e. The minimum atomic E-state index is -0.292. The van der Waals surface area contributed by atoms with Crippen molar-refractivity contribution >= 4 is 39.6 Å². The molecule has 3 heterocycles. The predicted molar refractivity (Wildman–Crippen MR) is 133 cm³/mol. The zero-order valence-electron chi connectivity index (χ0n) is 20.0. The molecule has 1 saturated heterocycles. The number of rotatable bonds is 8. The molecule has 0 atom stereocenters. The zero-order valence-corrected chi connectivity index (χ0v) is 21.6. The van der Waals surface area contributed by atoms with Gasteiger partial charge in [0.25, 0.3) is 11.8 Å². The first kappa shape index (κ1) is 24.9. The molecule has 2 aromatic heterocycles. The molecular weight excluding hydrogens is 490 g/mol. The molecule has 2 amide bonds. The number of aromatic nitrogens is 3. The monoisotopic (exact) mass is 517 g/mol. The van der Waals surface area contributed by atoms with E-state index in [0.29, 0.717) is 46.7 Å². The van der Waals surface area contributed by atoms with Gasteiger partial charge in [-0.1, -0.05) is 18.3 Å². The predicted octanol–water partition coefficient (Wildman–Crippen LogP) is 3.85. The van der Waals surface area contributed by atoms with Gasteiger partial charge in [0.05, 0.1) is 31.9 Å². The number of carbonyl (C=O) groups is 2. The lowest BCUT2D eigenvalue weighted by Crippen LogP contribution is -2.38. The number of thiazole rings is 1. The van der Waals surface area contributed by atoms with Crippen LogP contribution in [-0.4, -0.2) is 66.3 Å². The van der Waals surface area contributed by atoms with Crippen molar-refractivity contribution in [3.05, 3.63) is 38.8 Å². The maximum atomic E-state index is 13.3. The van der Waals surface area contributed by atoms with E-state index in [0.717, 1.165) is 29.3 Å². The molecule has 0 spiro atoms. The summed E-state index contributed by atoms with van der Waals surface area (Å²) >= 11 is 2.83. The molecule has 0 radical (unpaired) electrons. The standard InChI is InChI=1S/C23H27N5O5S2/c1-5-17-26-27-23(35-17)25-20(29)15-12-34-21(24-15)13-8-10-28(11-9-13)22(30)14-6-7-16(31-2)19(33-4)18(14)32-3/h6-7,12-13H,5,8-11H2,1-4H3,(H,25,27,29). The Balaban J connectivity index is 1.39. The molecule has 186 valence electrons. The Hall–Kier alpha value is -3.25. The number of anilines is 1. The number of hydrogen-bond acceptors (Lipinski definition) is 10. The van der Waals surface area contributed by atoms with Gasteiger partial charge in [-0.05, 0) is 31.4 Å². The summed E-state index contributed by atoms with van der Waals surface area (Å²) in [6.07, 6.45) is 2.28. The summed E-state index contributed by atoms with van der Waals surface area (Å²) in [6, 6.07) is 3.40. The summed E-state index contributed by atoms with van der Waals surface area (Å²) in [5.41, 5.74) is 0.798. The first-order chi connectivity index (χ1) is 17.0. The lowest BCUT2D eigenvalue weighted by molar-refractivity contribution is 0.0708. The van der Waals surface area contributed by atoms with Crippen LogP contribution in [0.25, 0.3) is 0 Å². The fraction of sp³-hybridized carbons (Fsp3) is 0.435. The minimum Gasteiger partial charge on any atom is -0.493 e. The van der Waals surface area contributed by atoms with E-state index in [1.54, 1.807) is 17.5 Å². The van der Waals surface area contributed by atoms with E-state index < -0.39 is 0 Å². The zero-order chi connectivity index (χ0) is 24.9. The van der Waals surface area contributed by atoms with Crippen LogP contribution in [0.2, 0.25) is 0 Å². The van der Waals surface area contributed by atoms with Gasteiger partial charge in [-0.15, -0.1) is 21.5 Å². The van der Waals surface area contributed by atoms with Gasteiger partial charge in [-0.3, -0.25) is 14.9 Å². The molecule has 10 nitrogen and oxygen atoms in total. The molecule has 1 aliphatic heterocycles. The maximum absolute atomic E-state index is 13.3. The van der Waals surface area contributed by atoms with Crippen LogP contribution in [0.3, 0.4) is 0 Å². The van der Waals surface area contributed by atoms with Crippen LogP contribution in [0.15, 0.2) is 17.5 Å². The quantitative estimate of drug-likeness (QED) is 0.479. The Morgan fingerprint density at radius 2 is 1.83 bits per heavy atom. The molecule has 1 N–H and O–H groups in total. The van der Waals surface area contributed by atoms with E-state index in [1.165, 1.54) is 44.0 Å². The second kappa shape index (κ2) is 11.0. The van der Waals surface area contributed by atoms with Gasteiger partial charge in [0.2, 0.25) is 10.9 Å². The molecule has 0 aliphatic carbocycles. The van der Waals surface area contributed by atoms with Crippen LogP contribution in [-0.2, 0) is 6.42 Å². The topological polar surface area (TPSA) is 116 Å². The van der Waals surface area contributed by atoms with E-state index in [2.05, 4.69) is 20.5 Å². The van der Waals surface area contributed by atoms with E-state index in [9.17, 15) is 9.59 Å². The molecular formula is C23H27N5O5S2. The van der Waals surface area contributed by atoms with E-state index >= 15 is 0 Å². The first-order valence-corrected chi connectivity index (χ1v) is 12.9. The first-order valence-electron chi connectivity index (χ1n) is 11.2. The summed E-state index contributed by atoms with van der Waals surface area (Å²) < 4.78 is 16.2. The number of nitrogens with one attached hydrogen (secondary N) is 1. The number of benzene rings is 1. The average molecular weight is 518 g/mol. The highest BCUT2D eigenvalue weighted by Crippen LogP contribution is 2.41. The van der Waals surface area contributed by atoms with Gasteiger partial charge >= 0.3 is 0 Å². The third-order valence-electron chi connectivity index (χ3n) is 5.81. The van der Waals surface area contributed by atoms with Crippen molar-refractivity contribution in [2.24, 2.45) is 0 Å². The van der Waals surface area contributed by atoms with Crippen LogP contribution < -0.4 is 19.5 Å². The van der Waals surface area contributed by atoms with E-state index in [1.807, 2.05) is 11.8 Å². The summed E-state index contributed by atoms with van der Waals surface area (Å²) in [7, 11) is 4.55. The molecule has 0 unspecified atom stereocenters. The van der Waals surface area contributed by atoms with Crippen LogP contribution in [0.4, 0.5) is 5.13 Å². The summed E-state index contributed by atoms with van der Waals surface area (Å²) in [5, 5.41) is 14.8. The second-order valence-corrected chi connectivity index (χ2v) is 9.78. The SMILES string of the molecule is CCc1nnc(NC(=O)c2csc(C3CCN(C(=O)c4ccc(OC)c(OC)c4OC)CC3)n2)s1. The minimum absolute atomic E-state index is 0.121. The van der Waals surface area contributed by atoms with Crippen LogP contribution in [0.5, 0.6) is 17.2 Å². The number of methoxy groups -OCH3 is 3. The number of piperidine rings is 1. The molecule has 35 heavy (non-hydrogen) atoms. The maximum Gasteiger partial charge on any atom is 0.276 e. The van der Waals surface area contributed by atoms with E-state index in [-0.39, 0.29) is 17.7 Å². The Kier molecular flexibility index (Phi) is 7.81. The lowest BCUT2D eigenvalue weighted by Gasteiger charge is -2.31. The number of amides is 2. The van der Waals surface area contributed by atoms with Crippen molar-refractivity contribution in [3.8, 4) is 17.2 Å². The second-order valence-electron chi connectivity index (χ2n) is 7.83. The third-order valence-corrected chi connectivity index (χ3v) is 7.80. The molecule has 1 aromatic carbocycles. The van der Waals surface area contributed by atoms with Crippen LogP contribution >= 0.6 is 22.7 Å². The summed E-state index contributed by atoms with van der Waals surface area (Å²) in [5.74, 6) is 1.02. The van der Waals surface area contributed by atoms with Crippen molar-refractivity contribution in [1.82, 2.24) is 20.1 Å². The Morgan fingerprint density at radius 3 is 2.46 bits per heavy atom. The average Bonchev–Trinajstić information content (AvgIpc) is 3.57. The molecule has 1 fully saturated rings. The lowest BCUT2D eigenvalue weighted by atomic mass is 9.97. The Labute approximate surface area is 211 Å². The van der Waals surface area contributed by atoms with E-state index in [4.69, 9.17) is 14.2 Å². The van der Waals surface area contributed by atoms with Gasteiger partial charge in [-0.25, -0.2) is 4.98 Å². The molecule has 1 aliphatic rings. The molecule has 4 rings (SSSR count). The highest BCUT2D eigenvalue weighted by atomic mass is 32.1. The molecule has 3 aromatic rings. The van der Waals surface area contributed by atoms with Gasteiger partial charge < -0.3 is 19.1 Å². The number of likely N-dealkylation sites (tertiary alicyclic amines) is 1. The van der Waals surface area contributed by atoms with Gasteiger partial charge in [0.15, 0.2) is 11.5 Å². The Bertz CT molecular complexity index is 1200. The normalized spacial score (nSPS) is 14.0. The van der Waals surface area contributed by atoms with Crippen LogP contribution in [0.1, 0.15) is 56.5 Å². The van der Waals surface area contributed by atoms with Gasteiger partial charge in [0, 0.05) is 24.4 Å². The van der Waals surface area contributed by atoms with Gasteiger partial charge in [0.1, 0.15) is 10.7 Å². The van der Waals surface area contributed by atoms with Gasteiger partial charge in [-0.2, -0.15) is 0 Å². The number of carbonyl (C=O) groups excluding carboxylic acids is 2. The van der Waals surface area contributed by atoms with Crippen LogP contribution in [0, 0.1) is 0 Å². The summed E-state index contributed by atoms with van der Waals surface area (Å²) in [6.45, 7) is 3.14.